The molecule has 0 fully saturated rings. The highest BCUT2D eigenvalue weighted by Gasteiger charge is 1.94. The quantitative estimate of drug-likeness (QED) is 0.543. The summed E-state index contributed by atoms with van der Waals surface area (Å²) in [4.78, 5) is 9.00. The number of rotatable bonds is 9. The van der Waals surface area contributed by atoms with E-state index in [-0.39, 0.29) is 13.2 Å². The monoisotopic (exact) mass is 312 g/mol. The molecule has 0 aliphatic rings. The van der Waals surface area contributed by atoms with Gasteiger partial charge in [-0.25, -0.2) is 0 Å². The number of carboxylic acids is 1. The molecular formula is C14H32O7. The predicted octanol–water partition coefficient (Wildman–Crippen LogP) is 0.915. The number of aliphatic carboxylic acids is 1. The fourth-order valence-corrected chi connectivity index (χ4v) is 0.995. The first-order chi connectivity index (χ1) is 9.77. The largest absolute Gasteiger partial charge is 0.481 e. The highest BCUT2D eigenvalue weighted by Crippen LogP contribution is 1.93. The van der Waals surface area contributed by atoms with Crippen LogP contribution in [0.5, 0.6) is 0 Å². The molecule has 7 nitrogen and oxygen atoms in total. The minimum atomic E-state index is -0.833. The number of carboxylic acid groups (broad SMARTS) is 1. The van der Waals surface area contributed by atoms with Gasteiger partial charge in [0.2, 0.25) is 0 Å². The van der Waals surface area contributed by atoms with Crippen LogP contribution >= 0.6 is 0 Å². The zero-order valence-electron chi connectivity index (χ0n) is 13.9. The second-order valence-electron chi connectivity index (χ2n) is 4.42. The Morgan fingerprint density at radius 3 is 1.29 bits per heavy atom. The van der Waals surface area contributed by atoms with Crippen LogP contribution < -0.4 is 0 Å². The third-order valence-electron chi connectivity index (χ3n) is 1.39. The number of ether oxygens (including phenoxy) is 3. The SMILES string of the molecule is CC(=O)O.CC(C)OC(C)C.OCCOCCOCCO. The summed E-state index contributed by atoms with van der Waals surface area (Å²) in [5.41, 5.74) is 0. The van der Waals surface area contributed by atoms with Crippen LogP contribution in [0, 0.1) is 0 Å². The lowest BCUT2D eigenvalue weighted by atomic mass is 10.4. The maximum atomic E-state index is 9.00. The first-order valence-corrected chi connectivity index (χ1v) is 7.00. The third kappa shape index (κ3) is 54.5. The third-order valence-corrected chi connectivity index (χ3v) is 1.39. The van der Waals surface area contributed by atoms with Crippen molar-refractivity contribution in [1.29, 1.82) is 0 Å². The highest BCUT2D eigenvalue weighted by atomic mass is 16.5. The Hall–Kier alpha value is -0.730. The summed E-state index contributed by atoms with van der Waals surface area (Å²) < 4.78 is 15.0. The van der Waals surface area contributed by atoms with Gasteiger partial charge in [0.1, 0.15) is 0 Å². The average molecular weight is 312 g/mol. The van der Waals surface area contributed by atoms with E-state index in [9.17, 15) is 0 Å². The standard InChI is InChI=1S/C6H14O4.C6H14O.C2H4O2/c7-1-3-9-5-6-10-4-2-8;1-5(2)7-6(3)4;1-2(3)4/h7-8H,1-6H2;5-6H,1-4H3;1H3,(H,3,4). The van der Waals surface area contributed by atoms with Gasteiger partial charge in [0.05, 0.1) is 51.8 Å². The molecule has 0 aromatic carbocycles. The van der Waals surface area contributed by atoms with Crippen LogP contribution in [0.15, 0.2) is 0 Å². The van der Waals surface area contributed by atoms with E-state index in [4.69, 9.17) is 34.3 Å². The van der Waals surface area contributed by atoms with Crippen molar-refractivity contribution in [1.82, 2.24) is 0 Å². The second-order valence-corrected chi connectivity index (χ2v) is 4.42. The van der Waals surface area contributed by atoms with E-state index >= 15 is 0 Å². The molecule has 3 N–H and O–H groups in total. The fraction of sp³-hybridized carbons (Fsp3) is 0.929. The van der Waals surface area contributed by atoms with E-state index in [1.54, 1.807) is 0 Å². The van der Waals surface area contributed by atoms with E-state index in [0.717, 1.165) is 6.92 Å². The van der Waals surface area contributed by atoms with E-state index in [1.165, 1.54) is 0 Å². The molecule has 0 atom stereocenters. The van der Waals surface area contributed by atoms with Crippen LogP contribution in [0.4, 0.5) is 0 Å². The molecule has 0 aromatic heterocycles. The number of hydrogen-bond acceptors (Lipinski definition) is 6. The van der Waals surface area contributed by atoms with Gasteiger partial charge >= 0.3 is 0 Å². The lowest BCUT2D eigenvalue weighted by Gasteiger charge is -2.09. The first-order valence-electron chi connectivity index (χ1n) is 7.00. The van der Waals surface area contributed by atoms with E-state index in [0.29, 0.717) is 38.6 Å². The minimum absolute atomic E-state index is 0.0417. The summed E-state index contributed by atoms with van der Waals surface area (Å²) in [7, 11) is 0. The molecule has 0 amide bonds. The predicted molar refractivity (Wildman–Crippen MR) is 80.5 cm³/mol. The van der Waals surface area contributed by atoms with Crippen LogP contribution in [-0.2, 0) is 19.0 Å². The van der Waals surface area contributed by atoms with Crippen LogP contribution in [-0.4, -0.2) is 73.1 Å². The first kappa shape index (κ1) is 25.2. The molecule has 7 heteroatoms. The Balaban J connectivity index is -0.000000256. The van der Waals surface area contributed by atoms with Crippen LogP contribution in [0.25, 0.3) is 0 Å². The summed E-state index contributed by atoms with van der Waals surface area (Å²) in [6.07, 6.45) is 0.750. The van der Waals surface area contributed by atoms with Gasteiger partial charge in [-0.05, 0) is 27.7 Å². The maximum Gasteiger partial charge on any atom is 0.300 e. The highest BCUT2D eigenvalue weighted by molar-refractivity contribution is 5.62. The average Bonchev–Trinajstić information content (AvgIpc) is 2.32. The molecule has 0 aromatic rings. The summed E-state index contributed by atoms with van der Waals surface area (Å²) >= 11 is 0. The zero-order valence-corrected chi connectivity index (χ0v) is 13.9. The summed E-state index contributed by atoms with van der Waals surface area (Å²) in [6, 6.07) is 0. The van der Waals surface area contributed by atoms with Crippen molar-refractivity contribution >= 4 is 5.97 Å². The van der Waals surface area contributed by atoms with Crippen molar-refractivity contribution < 1.29 is 34.3 Å². The Kier molecular flexibility index (Phi) is 25.9. The van der Waals surface area contributed by atoms with Crippen molar-refractivity contribution in [3.63, 3.8) is 0 Å². The molecule has 0 saturated heterocycles. The molecule has 0 rings (SSSR count). The minimum Gasteiger partial charge on any atom is -0.481 e. The molecule has 0 saturated carbocycles. The van der Waals surface area contributed by atoms with Gasteiger partial charge < -0.3 is 29.5 Å². The van der Waals surface area contributed by atoms with Gasteiger partial charge in [0, 0.05) is 6.92 Å². The van der Waals surface area contributed by atoms with Crippen LogP contribution in [0.1, 0.15) is 34.6 Å². The molecule has 0 spiro atoms. The molecule has 0 bridgehead atoms. The lowest BCUT2D eigenvalue weighted by molar-refractivity contribution is -0.134. The Morgan fingerprint density at radius 2 is 1.14 bits per heavy atom. The molecular weight excluding hydrogens is 280 g/mol. The van der Waals surface area contributed by atoms with Crippen LogP contribution in [0.2, 0.25) is 0 Å². The molecule has 0 aliphatic heterocycles. The van der Waals surface area contributed by atoms with Crippen molar-refractivity contribution in [3.05, 3.63) is 0 Å². The second kappa shape index (κ2) is 21.6. The van der Waals surface area contributed by atoms with Crippen LogP contribution in [0.3, 0.4) is 0 Å². The zero-order chi connectivity index (χ0) is 17.1. The number of aliphatic hydroxyl groups excluding tert-OH is 2. The van der Waals surface area contributed by atoms with Gasteiger partial charge in [0.25, 0.3) is 5.97 Å². The van der Waals surface area contributed by atoms with Gasteiger partial charge in [-0.15, -0.1) is 0 Å². The lowest BCUT2D eigenvalue weighted by Crippen LogP contribution is -2.09. The normalized spacial score (nSPS) is 9.76. The van der Waals surface area contributed by atoms with Crippen molar-refractivity contribution in [3.8, 4) is 0 Å². The van der Waals surface area contributed by atoms with Gasteiger partial charge in [-0.1, -0.05) is 0 Å². The maximum absolute atomic E-state index is 9.00. The number of carbonyl (C=O) groups is 1. The van der Waals surface area contributed by atoms with Crippen molar-refractivity contribution in [2.75, 3.05) is 39.6 Å². The smallest absolute Gasteiger partial charge is 0.300 e. The molecule has 0 radical (unpaired) electrons. The number of hydrogen-bond donors (Lipinski definition) is 3. The summed E-state index contributed by atoms with van der Waals surface area (Å²) in [6.45, 7) is 11.0. The van der Waals surface area contributed by atoms with Gasteiger partial charge in [0.15, 0.2) is 0 Å². The molecule has 0 unspecified atom stereocenters. The van der Waals surface area contributed by atoms with E-state index in [2.05, 4.69) is 0 Å². The Labute approximate surface area is 127 Å². The Bertz CT molecular complexity index is 178. The molecule has 0 heterocycles. The Morgan fingerprint density at radius 1 is 0.857 bits per heavy atom. The molecule has 130 valence electrons. The van der Waals surface area contributed by atoms with Crippen molar-refractivity contribution in [2.24, 2.45) is 0 Å². The summed E-state index contributed by atoms with van der Waals surface area (Å²) in [5, 5.41) is 23.9. The molecule has 0 aliphatic carbocycles. The summed E-state index contributed by atoms with van der Waals surface area (Å²) in [5.74, 6) is -0.833. The van der Waals surface area contributed by atoms with Gasteiger partial charge in [-0.2, -0.15) is 0 Å². The molecule has 21 heavy (non-hydrogen) atoms. The van der Waals surface area contributed by atoms with E-state index < -0.39 is 5.97 Å². The topological polar surface area (TPSA) is 105 Å². The van der Waals surface area contributed by atoms with E-state index in [1.807, 2.05) is 27.7 Å². The van der Waals surface area contributed by atoms with Crippen molar-refractivity contribution in [2.45, 2.75) is 46.8 Å². The fourth-order valence-electron chi connectivity index (χ4n) is 0.995. The van der Waals surface area contributed by atoms with Gasteiger partial charge in [-0.3, -0.25) is 4.79 Å². The number of aliphatic hydroxyl groups is 2.